The van der Waals surface area contributed by atoms with Gasteiger partial charge in [-0.2, -0.15) is 0 Å². The molecule has 1 atom stereocenters. The Bertz CT molecular complexity index is 446. The predicted octanol–water partition coefficient (Wildman–Crippen LogP) is 2.93. The molecule has 5 heteroatoms. The molecule has 0 spiro atoms. The fourth-order valence-corrected chi connectivity index (χ4v) is 2.90. The number of aryl methyl sites for hydroxylation is 2. The van der Waals surface area contributed by atoms with Gasteiger partial charge in [-0.15, -0.1) is 11.8 Å². The van der Waals surface area contributed by atoms with Gasteiger partial charge >= 0.3 is 0 Å². The summed E-state index contributed by atoms with van der Waals surface area (Å²) >= 11 is 1.67. The van der Waals surface area contributed by atoms with E-state index in [1.807, 2.05) is 19.9 Å². The van der Waals surface area contributed by atoms with E-state index < -0.39 is 0 Å². The molecule has 0 radical (unpaired) electrons. The number of amidine groups is 1. The van der Waals surface area contributed by atoms with Crippen molar-refractivity contribution in [1.29, 1.82) is 0 Å². The largest absolute Gasteiger partial charge is 0.409 e. The SMILES string of the molecule is CCC(C)CSc1nc(C)cc(C)c1/C(N)=N/O. The van der Waals surface area contributed by atoms with Gasteiger partial charge in [0.25, 0.3) is 0 Å². The van der Waals surface area contributed by atoms with Crippen LogP contribution in [-0.4, -0.2) is 21.8 Å². The molecule has 1 aromatic rings. The Hall–Kier alpha value is -1.23. The summed E-state index contributed by atoms with van der Waals surface area (Å²) in [5.41, 5.74) is 8.42. The van der Waals surface area contributed by atoms with E-state index in [1.165, 1.54) is 0 Å². The van der Waals surface area contributed by atoms with Crippen molar-refractivity contribution in [3.05, 3.63) is 22.9 Å². The van der Waals surface area contributed by atoms with Gasteiger partial charge < -0.3 is 10.9 Å². The van der Waals surface area contributed by atoms with Gasteiger partial charge in [0.05, 0.1) is 5.56 Å². The molecule has 0 aliphatic heterocycles. The number of hydrogen-bond acceptors (Lipinski definition) is 4. The quantitative estimate of drug-likeness (QED) is 0.283. The van der Waals surface area contributed by atoms with Crippen molar-refractivity contribution < 1.29 is 5.21 Å². The molecule has 0 aliphatic rings. The average Bonchev–Trinajstić information content (AvgIpc) is 2.34. The third-order valence-corrected chi connectivity index (χ3v) is 4.18. The summed E-state index contributed by atoms with van der Waals surface area (Å²) in [6.45, 7) is 8.29. The van der Waals surface area contributed by atoms with Gasteiger partial charge in [-0.3, -0.25) is 0 Å². The van der Waals surface area contributed by atoms with Crippen molar-refractivity contribution in [3.63, 3.8) is 0 Å². The van der Waals surface area contributed by atoms with Crippen LogP contribution in [0.5, 0.6) is 0 Å². The lowest BCUT2D eigenvalue weighted by molar-refractivity contribution is 0.318. The maximum Gasteiger partial charge on any atom is 0.173 e. The highest BCUT2D eigenvalue weighted by atomic mass is 32.2. The molecule has 0 aliphatic carbocycles. The summed E-state index contributed by atoms with van der Waals surface area (Å²) in [6, 6.07) is 1.95. The van der Waals surface area contributed by atoms with E-state index in [-0.39, 0.29) is 5.84 Å². The molecule has 18 heavy (non-hydrogen) atoms. The molecule has 0 amide bonds. The van der Waals surface area contributed by atoms with Gasteiger partial charge in [-0.25, -0.2) is 4.98 Å². The molecular formula is C13H21N3OS. The minimum atomic E-state index is 0.131. The second-order valence-corrected chi connectivity index (χ2v) is 5.58. The molecule has 1 unspecified atom stereocenters. The Morgan fingerprint density at radius 1 is 1.56 bits per heavy atom. The highest BCUT2D eigenvalue weighted by Crippen LogP contribution is 2.26. The van der Waals surface area contributed by atoms with Crippen molar-refractivity contribution in [3.8, 4) is 0 Å². The Kier molecular flexibility index (Phi) is 5.47. The smallest absolute Gasteiger partial charge is 0.173 e. The number of nitrogens with zero attached hydrogens (tertiary/aromatic N) is 2. The van der Waals surface area contributed by atoms with E-state index in [2.05, 4.69) is 24.0 Å². The van der Waals surface area contributed by atoms with Gasteiger partial charge in [-0.1, -0.05) is 25.4 Å². The summed E-state index contributed by atoms with van der Waals surface area (Å²) in [7, 11) is 0. The molecule has 0 saturated heterocycles. The third kappa shape index (κ3) is 3.63. The zero-order valence-corrected chi connectivity index (χ0v) is 12.2. The van der Waals surface area contributed by atoms with Crippen molar-refractivity contribution in [2.45, 2.75) is 39.1 Å². The number of thioether (sulfide) groups is 1. The lowest BCUT2D eigenvalue weighted by atomic mass is 10.1. The highest BCUT2D eigenvalue weighted by Gasteiger charge is 2.14. The van der Waals surface area contributed by atoms with Crippen LogP contribution in [0.1, 0.15) is 37.1 Å². The van der Waals surface area contributed by atoms with E-state index in [1.54, 1.807) is 11.8 Å². The normalized spacial score (nSPS) is 13.7. The fourth-order valence-electron chi connectivity index (χ4n) is 1.61. The molecule has 4 nitrogen and oxygen atoms in total. The molecule has 0 aromatic carbocycles. The number of oxime groups is 1. The number of hydrogen-bond donors (Lipinski definition) is 2. The summed E-state index contributed by atoms with van der Waals surface area (Å²) in [4.78, 5) is 4.50. The zero-order chi connectivity index (χ0) is 13.7. The third-order valence-electron chi connectivity index (χ3n) is 2.88. The first-order chi connectivity index (χ1) is 8.49. The second-order valence-electron chi connectivity index (χ2n) is 4.57. The van der Waals surface area contributed by atoms with Gasteiger partial charge in [0.2, 0.25) is 0 Å². The number of rotatable bonds is 5. The fraction of sp³-hybridized carbons (Fsp3) is 0.538. The highest BCUT2D eigenvalue weighted by molar-refractivity contribution is 7.99. The van der Waals surface area contributed by atoms with Crippen LogP contribution in [0.3, 0.4) is 0 Å². The Labute approximate surface area is 113 Å². The van der Waals surface area contributed by atoms with Crippen LogP contribution in [-0.2, 0) is 0 Å². The summed E-state index contributed by atoms with van der Waals surface area (Å²) < 4.78 is 0. The lowest BCUT2D eigenvalue weighted by Gasteiger charge is -2.13. The second kappa shape index (κ2) is 6.64. The van der Waals surface area contributed by atoms with Crippen LogP contribution in [0.25, 0.3) is 0 Å². The number of aromatic nitrogens is 1. The van der Waals surface area contributed by atoms with Crippen molar-refractivity contribution in [1.82, 2.24) is 4.98 Å². The van der Waals surface area contributed by atoms with E-state index in [0.717, 1.165) is 34.0 Å². The minimum Gasteiger partial charge on any atom is -0.409 e. The van der Waals surface area contributed by atoms with Gasteiger partial charge in [-0.05, 0) is 31.4 Å². The van der Waals surface area contributed by atoms with Crippen molar-refractivity contribution in [2.75, 3.05) is 5.75 Å². The van der Waals surface area contributed by atoms with E-state index in [4.69, 9.17) is 10.9 Å². The zero-order valence-electron chi connectivity index (χ0n) is 11.4. The molecule has 0 saturated carbocycles. The van der Waals surface area contributed by atoms with Crippen molar-refractivity contribution in [2.24, 2.45) is 16.8 Å². The first-order valence-corrected chi connectivity index (χ1v) is 7.07. The molecule has 1 rings (SSSR count). The monoisotopic (exact) mass is 267 g/mol. The summed E-state index contributed by atoms with van der Waals surface area (Å²) in [5.74, 6) is 1.74. The predicted molar refractivity (Wildman–Crippen MR) is 76.4 cm³/mol. The first-order valence-electron chi connectivity index (χ1n) is 6.08. The van der Waals surface area contributed by atoms with E-state index >= 15 is 0 Å². The Morgan fingerprint density at radius 3 is 2.78 bits per heavy atom. The Balaban J connectivity index is 3.08. The lowest BCUT2D eigenvalue weighted by Crippen LogP contribution is -2.17. The van der Waals surface area contributed by atoms with Crippen LogP contribution in [0, 0.1) is 19.8 Å². The van der Waals surface area contributed by atoms with Crippen LogP contribution in [0.4, 0.5) is 0 Å². The topological polar surface area (TPSA) is 71.5 Å². The average molecular weight is 267 g/mol. The van der Waals surface area contributed by atoms with E-state index in [9.17, 15) is 0 Å². The molecule has 1 aromatic heterocycles. The van der Waals surface area contributed by atoms with Crippen molar-refractivity contribution >= 4 is 17.6 Å². The van der Waals surface area contributed by atoms with Gasteiger partial charge in [0.1, 0.15) is 5.03 Å². The molecule has 3 N–H and O–H groups in total. The summed E-state index contributed by atoms with van der Waals surface area (Å²) in [5, 5.41) is 12.8. The molecule has 0 bridgehead atoms. The standard InChI is InChI=1S/C13H21N3OS/c1-5-8(2)7-18-13-11(12(14)16-17)9(3)6-10(4)15-13/h6,8,17H,5,7H2,1-4H3,(H2,14,16). The Morgan fingerprint density at radius 2 is 2.22 bits per heavy atom. The maximum atomic E-state index is 8.86. The number of pyridine rings is 1. The minimum absolute atomic E-state index is 0.131. The van der Waals surface area contributed by atoms with Crippen LogP contribution in [0.2, 0.25) is 0 Å². The van der Waals surface area contributed by atoms with Gasteiger partial charge in [0, 0.05) is 11.4 Å². The summed E-state index contributed by atoms with van der Waals surface area (Å²) in [6.07, 6.45) is 1.14. The van der Waals surface area contributed by atoms with Gasteiger partial charge in [0.15, 0.2) is 5.84 Å². The molecular weight excluding hydrogens is 246 g/mol. The number of nitrogens with two attached hydrogens (primary N) is 1. The maximum absolute atomic E-state index is 8.86. The van der Waals surface area contributed by atoms with Crippen LogP contribution >= 0.6 is 11.8 Å². The van der Waals surface area contributed by atoms with Crippen LogP contribution in [0.15, 0.2) is 16.2 Å². The van der Waals surface area contributed by atoms with E-state index in [0.29, 0.717) is 5.92 Å². The van der Waals surface area contributed by atoms with Crippen LogP contribution < -0.4 is 5.73 Å². The molecule has 100 valence electrons. The molecule has 1 heterocycles. The first kappa shape index (κ1) is 14.8. The molecule has 0 fully saturated rings.